The summed E-state index contributed by atoms with van der Waals surface area (Å²) < 4.78 is 2.35. The number of rotatable bonds is 4. The zero-order valence-corrected chi connectivity index (χ0v) is 11.0. The van der Waals surface area contributed by atoms with Gasteiger partial charge in [0.05, 0.1) is 23.8 Å². The van der Waals surface area contributed by atoms with E-state index >= 15 is 0 Å². The van der Waals surface area contributed by atoms with Crippen molar-refractivity contribution in [3.63, 3.8) is 0 Å². The predicted molar refractivity (Wildman–Crippen MR) is 66.4 cm³/mol. The molecule has 0 radical (unpaired) electrons. The van der Waals surface area contributed by atoms with E-state index in [-0.39, 0.29) is 11.1 Å². The molecular formula is C13H23N3. The van der Waals surface area contributed by atoms with E-state index in [0.29, 0.717) is 0 Å². The molecule has 1 heterocycles. The Hall–Kier alpha value is -0.830. The molecular weight excluding hydrogens is 198 g/mol. The predicted octanol–water partition coefficient (Wildman–Crippen LogP) is 2.48. The van der Waals surface area contributed by atoms with Gasteiger partial charge in [-0.25, -0.2) is 4.98 Å². The Kier molecular flexibility index (Phi) is 2.61. The van der Waals surface area contributed by atoms with Gasteiger partial charge >= 0.3 is 0 Å². The Morgan fingerprint density at radius 1 is 1.31 bits per heavy atom. The van der Waals surface area contributed by atoms with Crippen molar-refractivity contribution >= 4 is 0 Å². The quantitative estimate of drug-likeness (QED) is 0.846. The molecule has 1 saturated carbocycles. The van der Waals surface area contributed by atoms with Crippen molar-refractivity contribution in [3.05, 3.63) is 18.2 Å². The second kappa shape index (κ2) is 3.59. The Balaban J connectivity index is 2.39. The molecule has 3 nitrogen and oxygen atoms in total. The van der Waals surface area contributed by atoms with Crippen molar-refractivity contribution < 1.29 is 0 Å². The highest BCUT2D eigenvalue weighted by Crippen LogP contribution is 2.45. The van der Waals surface area contributed by atoms with Gasteiger partial charge in [0.25, 0.3) is 0 Å². The highest BCUT2D eigenvalue weighted by Gasteiger charge is 2.41. The number of aromatic nitrogens is 2. The SMILES string of the molecule is CNC(C)(C)c1cncn1C(C)(C)C1CC1. The first kappa shape index (κ1) is 11.6. The number of nitrogens with one attached hydrogen (secondary N) is 1. The number of nitrogens with zero attached hydrogens (tertiary/aromatic N) is 2. The summed E-state index contributed by atoms with van der Waals surface area (Å²) in [5.74, 6) is 0.813. The minimum Gasteiger partial charge on any atom is -0.327 e. The minimum absolute atomic E-state index is 0.0251. The van der Waals surface area contributed by atoms with Gasteiger partial charge in [0, 0.05) is 5.54 Å². The van der Waals surface area contributed by atoms with Gasteiger partial charge in [0.15, 0.2) is 0 Å². The third-order valence-electron chi connectivity index (χ3n) is 4.10. The highest BCUT2D eigenvalue weighted by molar-refractivity contribution is 5.15. The van der Waals surface area contributed by atoms with Crippen LogP contribution in [0.4, 0.5) is 0 Å². The lowest BCUT2D eigenvalue weighted by molar-refractivity contribution is 0.271. The lowest BCUT2D eigenvalue weighted by Crippen LogP contribution is -2.40. The molecule has 1 N–H and O–H groups in total. The van der Waals surface area contributed by atoms with E-state index in [0.717, 1.165) is 5.92 Å². The summed E-state index contributed by atoms with van der Waals surface area (Å²) in [6.07, 6.45) is 6.67. The molecule has 1 aromatic heterocycles. The summed E-state index contributed by atoms with van der Waals surface area (Å²) in [6, 6.07) is 0. The summed E-state index contributed by atoms with van der Waals surface area (Å²) in [5, 5.41) is 3.35. The maximum Gasteiger partial charge on any atom is 0.0953 e. The van der Waals surface area contributed by atoms with Crippen LogP contribution in [0.3, 0.4) is 0 Å². The normalized spacial score (nSPS) is 17.8. The second-order valence-corrected chi connectivity index (χ2v) is 5.95. The Labute approximate surface area is 98.3 Å². The average Bonchev–Trinajstić information content (AvgIpc) is 2.95. The minimum atomic E-state index is -0.0251. The van der Waals surface area contributed by atoms with Gasteiger partial charge in [-0.15, -0.1) is 0 Å². The molecule has 1 aromatic rings. The van der Waals surface area contributed by atoms with Crippen LogP contribution in [-0.4, -0.2) is 16.6 Å². The van der Waals surface area contributed by atoms with Crippen molar-refractivity contribution in [2.45, 2.75) is 51.6 Å². The average molecular weight is 221 g/mol. The fourth-order valence-electron chi connectivity index (χ4n) is 2.33. The van der Waals surface area contributed by atoms with Gasteiger partial charge in [0.2, 0.25) is 0 Å². The summed E-state index contributed by atoms with van der Waals surface area (Å²) >= 11 is 0. The molecule has 1 aliphatic rings. The van der Waals surface area contributed by atoms with Crippen molar-refractivity contribution in [2.75, 3.05) is 7.05 Å². The maximum absolute atomic E-state index is 4.34. The van der Waals surface area contributed by atoms with Crippen LogP contribution >= 0.6 is 0 Å². The molecule has 0 saturated heterocycles. The molecule has 0 aliphatic heterocycles. The van der Waals surface area contributed by atoms with Crippen molar-refractivity contribution in [1.29, 1.82) is 0 Å². The van der Waals surface area contributed by atoms with Gasteiger partial charge in [-0.1, -0.05) is 0 Å². The first-order chi connectivity index (χ1) is 7.39. The van der Waals surface area contributed by atoms with Crippen LogP contribution in [0.1, 0.15) is 46.2 Å². The van der Waals surface area contributed by atoms with Gasteiger partial charge in [0.1, 0.15) is 0 Å². The second-order valence-electron chi connectivity index (χ2n) is 5.95. The Morgan fingerprint density at radius 3 is 2.44 bits per heavy atom. The summed E-state index contributed by atoms with van der Waals surface area (Å²) in [7, 11) is 2.00. The van der Waals surface area contributed by atoms with E-state index in [1.165, 1.54) is 18.5 Å². The van der Waals surface area contributed by atoms with Crippen LogP contribution in [0, 0.1) is 5.92 Å². The van der Waals surface area contributed by atoms with Gasteiger partial charge in [-0.2, -0.15) is 0 Å². The molecule has 16 heavy (non-hydrogen) atoms. The molecule has 1 aliphatic carbocycles. The van der Waals surface area contributed by atoms with Crippen LogP contribution in [0.15, 0.2) is 12.5 Å². The van der Waals surface area contributed by atoms with Crippen LogP contribution in [0.25, 0.3) is 0 Å². The maximum atomic E-state index is 4.34. The molecule has 0 unspecified atom stereocenters. The molecule has 0 atom stereocenters. The smallest absolute Gasteiger partial charge is 0.0953 e. The standard InChI is InChI=1S/C13H23N3/c1-12(2,14-5)11-8-15-9-16(11)13(3,4)10-6-7-10/h8-10,14H,6-7H2,1-5H3. The highest BCUT2D eigenvalue weighted by atomic mass is 15.2. The van der Waals surface area contributed by atoms with Crippen molar-refractivity contribution in [2.24, 2.45) is 5.92 Å². The number of imidazole rings is 1. The topological polar surface area (TPSA) is 29.9 Å². The summed E-state index contributed by atoms with van der Waals surface area (Å²) in [4.78, 5) is 4.34. The molecule has 90 valence electrons. The van der Waals surface area contributed by atoms with E-state index in [9.17, 15) is 0 Å². The van der Waals surface area contributed by atoms with Gasteiger partial charge < -0.3 is 9.88 Å². The van der Waals surface area contributed by atoms with Crippen LogP contribution in [-0.2, 0) is 11.1 Å². The third kappa shape index (κ3) is 1.77. The zero-order chi connectivity index (χ0) is 12.0. The molecule has 0 bridgehead atoms. The Bertz CT molecular complexity index is 372. The van der Waals surface area contributed by atoms with Gasteiger partial charge in [-0.3, -0.25) is 0 Å². The molecule has 0 aromatic carbocycles. The summed E-state index contributed by atoms with van der Waals surface area (Å²) in [5.41, 5.74) is 1.44. The van der Waals surface area contributed by atoms with Gasteiger partial charge in [-0.05, 0) is 53.5 Å². The number of hydrogen-bond acceptors (Lipinski definition) is 2. The molecule has 0 amide bonds. The largest absolute Gasteiger partial charge is 0.327 e. The lowest BCUT2D eigenvalue weighted by atomic mass is 9.94. The van der Waals surface area contributed by atoms with Crippen LogP contribution in [0.2, 0.25) is 0 Å². The fourth-order valence-corrected chi connectivity index (χ4v) is 2.33. The molecule has 2 rings (SSSR count). The molecule has 0 spiro atoms. The monoisotopic (exact) mass is 221 g/mol. The lowest BCUT2D eigenvalue weighted by Gasteiger charge is -2.34. The zero-order valence-electron chi connectivity index (χ0n) is 11.0. The van der Waals surface area contributed by atoms with Crippen LogP contribution in [0.5, 0.6) is 0 Å². The number of hydrogen-bond donors (Lipinski definition) is 1. The van der Waals surface area contributed by atoms with Crippen molar-refractivity contribution in [1.82, 2.24) is 14.9 Å². The van der Waals surface area contributed by atoms with E-state index in [4.69, 9.17) is 0 Å². The van der Waals surface area contributed by atoms with Crippen LogP contribution < -0.4 is 5.32 Å². The molecule has 3 heteroatoms. The van der Waals surface area contributed by atoms with E-state index < -0.39 is 0 Å². The fraction of sp³-hybridized carbons (Fsp3) is 0.769. The van der Waals surface area contributed by atoms with E-state index in [1.54, 1.807) is 0 Å². The first-order valence-electron chi connectivity index (χ1n) is 6.12. The summed E-state index contributed by atoms with van der Waals surface area (Å²) in [6.45, 7) is 9.04. The van der Waals surface area contributed by atoms with E-state index in [1.807, 2.05) is 19.6 Å². The van der Waals surface area contributed by atoms with E-state index in [2.05, 4.69) is 42.6 Å². The third-order valence-corrected chi connectivity index (χ3v) is 4.10. The Morgan fingerprint density at radius 2 is 1.94 bits per heavy atom. The first-order valence-corrected chi connectivity index (χ1v) is 6.12. The molecule has 1 fully saturated rings. The van der Waals surface area contributed by atoms with Crippen molar-refractivity contribution in [3.8, 4) is 0 Å².